The molecule has 0 atom stereocenters. The molecule has 5 nitrogen and oxygen atoms in total. The van der Waals surface area contributed by atoms with Gasteiger partial charge < -0.3 is 0 Å². The molecule has 0 bridgehead atoms. The summed E-state index contributed by atoms with van der Waals surface area (Å²) in [5, 5.41) is 3.71. The first-order valence-corrected chi connectivity index (χ1v) is 8.31. The maximum absolute atomic E-state index is 12.3. The van der Waals surface area contributed by atoms with Crippen LogP contribution in [0, 0.1) is 0 Å². The van der Waals surface area contributed by atoms with Gasteiger partial charge in [0.1, 0.15) is 5.82 Å². The topological polar surface area (TPSA) is 63.0 Å². The van der Waals surface area contributed by atoms with Gasteiger partial charge in [-0.3, -0.25) is 9.89 Å². The van der Waals surface area contributed by atoms with Crippen molar-refractivity contribution in [1.82, 2.24) is 19.6 Å². The molecule has 2 aromatic carbocycles. The molecular formula is C19H15ClN4O. The first-order valence-electron chi connectivity index (χ1n) is 7.93. The lowest BCUT2D eigenvalue weighted by molar-refractivity contribution is 0.852. The summed E-state index contributed by atoms with van der Waals surface area (Å²) in [6, 6.07) is 19.0. The minimum Gasteiger partial charge on any atom is -0.275 e. The molecule has 6 heteroatoms. The van der Waals surface area contributed by atoms with E-state index >= 15 is 0 Å². The molecule has 0 spiro atoms. The van der Waals surface area contributed by atoms with Gasteiger partial charge in [-0.1, -0.05) is 54.1 Å². The van der Waals surface area contributed by atoms with Gasteiger partial charge in [0, 0.05) is 23.9 Å². The Morgan fingerprint density at radius 3 is 2.40 bits per heavy atom. The van der Waals surface area contributed by atoms with Gasteiger partial charge in [-0.05, 0) is 23.3 Å². The molecule has 2 heterocycles. The number of rotatable bonds is 4. The van der Waals surface area contributed by atoms with Gasteiger partial charge in [0.25, 0.3) is 11.3 Å². The van der Waals surface area contributed by atoms with Crippen molar-refractivity contribution >= 4 is 17.4 Å². The van der Waals surface area contributed by atoms with Crippen molar-refractivity contribution in [3.8, 4) is 0 Å². The first-order chi connectivity index (χ1) is 12.2. The second-order valence-electron chi connectivity index (χ2n) is 5.86. The standard InChI is InChI=1S/C19H15ClN4O/c20-15-8-6-14(7-9-15)11-17-22-19-21-16(12-18(25)24(19)23-17)10-13-4-2-1-3-5-13/h1-9,12H,10-11H2,(H,21,22,23). The van der Waals surface area contributed by atoms with Crippen LogP contribution < -0.4 is 5.56 Å². The molecule has 0 aliphatic heterocycles. The zero-order chi connectivity index (χ0) is 17.2. The highest BCUT2D eigenvalue weighted by atomic mass is 35.5. The van der Waals surface area contributed by atoms with Crippen LogP contribution in [-0.4, -0.2) is 19.6 Å². The molecule has 0 fully saturated rings. The van der Waals surface area contributed by atoms with Crippen LogP contribution in [-0.2, 0) is 12.8 Å². The fraction of sp³-hybridized carbons (Fsp3) is 0.105. The Hall–Kier alpha value is -2.92. The van der Waals surface area contributed by atoms with Crippen LogP contribution in [0.5, 0.6) is 0 Å². The number of fused-ring (bicyclic) bond motifs is 1. The molecule has 0 unspecified atom stereocenters. The first kappa shape index (κ1) is 15.6. The third-order valence-corrected chi connectivity index (χ3v) is 4.19. The Morgan fingerprint density at radius 2 is 1.64 bits per heavy atom. The SMILES string of the molecule is O=c1cc(Cc2ccccc2)nc2nc(Cc3ccc(Cl)cc3)[nH]n12. The van der Waals surface area contributed by atoms with Crippen LogP contribution in [0.4, 0.5) is 0 Å². The van der Waals surface area contributed by atoms with Crippen molar-refractivity contribution in [3.05, 3.63) is 98.7 Å². The number of hydrogen-bond acceptors (Lipinski definition) is 3. The van der Waals surface area contributed by atoms with Gasteiger partial charge in [-0.2, -0.15) is 9.50 Å². The van der Waals surface area contributed by atoms with Crippen molar-refractivity contribution in [2.24, 2.45) is 0 Å². The quantitative estimate of drug-likeness (QED) is 0.614. The van der Waals surface area contributed by atoms with E-state index in [4.69, 9.17) is 11.6 Å². The summed E-state index contributed by atoms with van der Waals surface area (Å²) < 4.78 is 1.37. The zero-order valence-electron chi connectivity index (χ0n) is 13.3. The van der Waals surface area contributed by atoms with Crippen LogP contribution >= 0.6 is 11.6 Å². The monoisotopic (exact) mass is 350 g/mol. The van der Waals surface area contributed by atoms with E-state index < -0.39 is 0 Å². The number of aromatic nitrogens is 4. The maximum Gasteiger partial charge on any atom is 0.274 e. The predicted octanol–water partition coefficient (Wildman–Crippen LogP) is 3.25. The molecule has 4 rings (SSSR count). The summed E-state index contributed by atoms with van der Waals surface area (Å²) >= 11 is 5.90. The summed E-state index contributed by atoms with van der Waals surface area (Å²) in [6.45, 7) is 0. The molecule has 1 N–H and O–H groups in total. The third kappa shape index (κ3) is 3.46. The molecule has 0 aliphatic carbocycles. The fourth-order valence-electron chi connectivity index (χ4n) is 2.74. The number of benzene rings is 2. The van der Waals surface area contributed by atoms with Crippen LogP contribution in [0.25, 0.3) is 5.78 Å². The third-order valence-electron chi connectivity index (χ3n) is 3.94. The van der Waals surface area contributed by atoms with E-state index in [1.54, 1.807) is 6.07 Å². The van der Waals surface area contributed by atoms with Crippen LogP contribution in [0.2, 0.25) is 5.02 Å². The molecule has 0 aliphatic rings. The lowest BCUT2D eigenvalue weighted by Crippen LogP contribution is -2.16. The van der Waals surface area contributed by atoms with E-state index in [0.29, 0.717) is 35.2 Å². The molecule has 124 valence electrons. The summed E-state index contributed by atoms with van der Waals surface area (Å²) in [4.78, 5) is 21.3. The molecule has 0 saturated heterocycles. The van der Waals surface area contributed by atoms with Crippen LogP contribution in [0.3, 0.4) is 0 Å². The smallest absolute Gasteiger partial charge is 0.274 e. The molecule has 0 radical (unpaired) electrons. The van der Waals surface area contributed by atoms with Gasteiger partial charge in [0.05, 0.1) is 5.69 Å². The average Bonchev–Trinajstić information content (AvgIpc) is 3.01. The minimum absolute atomic E-state index is 0.161. The lowest BCUT2D eigenvalue weighted by atomic mass is 10.1. The highest BCUT2D eigenvalue weighted by Crippen LogP contribution is 2.12. The van der Waals surface area contributed by atoms with E-state index in [9.17, 15) is 4.79 Å². The molecule has 0 amide bonds. The summed E-state index contributed by atoms with van der Waals surface area (Å²) in [7, 11) is 0. The van der Waals surface area contributed by atoms with Crippen molar-refractivity contribution in [3.63, 3.8) is 0 Å². The summed E-state index contributed by atoms with van der Waals surface area (Å²) in [5.74, 6) is 1.08. The molecule has 4 aromatic rings. The van der Waals surface area contributed by atoms with Gasteiger partial charge in [0.15, 0.2) is 0 Å². The number of hydrogen-bond donors (Lipinski definition) is 1. The van der Waals surface area contributed by atoms with E-state index in [-0.39, 0.29) is 5.56 Å². The number of aromatic amines is 1. The van der Waals surface area contributed by atoms with Crippen molar-refractivity contribution in [2.45, 2.75) is 12.8 Å². The normalized spacial score (nSPS) is 11.1. The van der Waals surface area contributed by atoms with E-state index in [0.717, 1.165) is 11.1 Å². The molecule has 25 heavy (non-hydrogen) atoms. The Labute approximate surface area is 148 Å². The van der Waals surface area contributed by atoms with Crippen molar-refractivity contribution < 1.29 is 0 Å². The lowest BCUT2D eigenvalue weighted by Gasteiger charge is -2.00. The average molecular weight is 351 g/mol. The minimum atomic E-state index is -0.161. The summed E-state index contributed by atoms with van der Waals surface area (Å²) in [5.41, 5.74) is 2.71. The number of nitrogens with one attached hydrogen (secondary N) is 1. The fourth-order valence-corrected chi connectivity index (χ4v) is 2.87. The Bertz CT molecular complexity index is 1070. The van der Waals surface area contributed by atoms with E-state index in [1.165, 1.54) is 4.52 Å². The van der Waals surface area contributed by atoms with Crippen LogP contribution in [0.1, 0.15) is 22.6 Å². The van der Waals surface area contributed by atoms with Crippen LogP contribution in [0.15, 0.2) is 65.5 Å². The molecular weight excluding hydrogens is 336 g/mol. The largest absolute Gasteiger partial charge is 0.275 e. The summed E-state index contributed by atoms with van der Waals surface area (Å²) in [6.07, 6.45) is 1.18. The maximum atomic E-state index is 12.3. The Morgan fingerprint density at radius 1 is 0.920 bits per heavy atom. The van der Waals surface area contributed by atoms with Crippen molar-refractivity contribution in [2.75, 3.05) is 0 Å². The Kier molecular flexibility index (Phi) is 4.07. The Balaban J connectivity index is 1.64. The second kappa shape index (κ2) is 6.53. The van der Waals surface area contributed by atoms with Gasteiger partial charge in [-0.25, -0.2) is 4.98 Å². The highest BCUT2D eigenvalue weighted by Gasteiger charge is 2.09. The highest BCUT2D eigenvalue weighted by molar-refractivity contribution is 6.30. The predicted molar refractivity (Wildman–Crippen MR) is 97.1 cm³/mol. The second-order valence-corrected chi connectivity index (χ2v) is 6.29. The van der Waals surface area contributed by atoms with Gasteiger partial charge in [0.2, 0.25) is 0 Å². The molecule has 0 saturated carbocycles. The van der Waals surface area contributed by atoms with E-state index in [1.807, 2.05) is 54.6 Å². The number of halogens is 1. The zero-order valence-corrected chi connectivity index (χ0v) is 14.1. The van der Waals surface area contributed by atoms with Gasteiger partial charge in [-0.15, -0.1) is 0 Å². The number of nitrogens with zero attached hydrogens (tertiary/aromatic N) is 3. The molecule has 2 aromatic heterocycles. The number of H-pyrrole nitrogens is 1. The van der Waals surface area contributed by atoms with Gasteiger partial charge >= 0.3 is 0 Å². The van der Waals surface area contributed by atoms with E-state index in [2.05, 4.69) is 15.1 Å². The van der Waals surface area contributed by atoms with Crippen molar-refractivity contribution in [1.29, 1.82) is 0 Å².